The molecular formula is C25H26Cl2N2O3S. The number of carbonyl (C=O) groups excluding carboxylic acids is 1. The lowest BCUT2D eigenvalue weighted by molar-refractivity contribution is -0.116. The predicted molar refractivity (Wildman–Crippen MR) is 134 cm³/mol. The Morgan fingerprint density at radius 1 is 0.970 bits per heavy atom. The molecule has 0 unspecified atom stereocenters. The Kier molecular flexibility index (Phi) is 8.19. The molecule has 0 aliphatic rings. The minimum absolute atomic E-state index is 0.0354. The van der Waals surface area contributed by atoms with Gasteiger partial charge in [-0.25, -0.2) is 8.42 Å². The van der Waals surface area contributed by atoms with E-state index < -0.39 is 15.9 Å². The molecule has 3 aromatic rings. The smallest absolute Gasteiger partial charge is 0.243 e. The Morgan fingerprint density at radius 3 is 2.30 bits per heavy atom. The van der Waals surface area contributed by atoms with E-state index in [1.165, 1.54) is 12.1 Å². The molecule has 1 amide bonds. The number of amides is 1. The summed E-state index contributed by atoms with van der Waals surface area (Å²) in [5, 5.41) is 3.62. The maximum Gasteiger partial charge on any atom is 0.243 e. The maximum absolute atomic E-state index is 13.4. The first kappa shape index (κ1) is 25.2. The van der Waals surface area contributed by atoms with E-state index in [-0.39, 0.29) is 23.9 Å². The molecule has 3 aromatic carbocycles. The summed E-state index contributed by atoms with van der Waals surface area (Å²) >= 11 is 12.1. The summed E-state index contributed by atoms with van der Waals surface area (Å²) in [6, 6.07) is 18.8. The van der Waals surface area contributed by atoms with Gasteiger partial charge in [-0.05, 0) is 53.8 Å². The highest BCUT2D eigenvalue weighted by atomic mass is 35.5. The van der Waals surface area contributed by atoms with Crippen molar-refractivity contribution in [1.82, 2.24) is 4.31 Å². The van der Waals surface area contributed by atoms with Crippen molar-refractivity contribution in [1.29, 1.82) is 0 Å². The summed E-state index contributed by atoms with van der Waals surface area (Å²) < 4.78 is 28.0. The molecule has 0 aliphatic heterocycles. The second-order valence-corrected chi connectivity index (χ2v) is 10.8. The van der Waals surface area contributed by atoms with Crippen LogP contribution in [-0.4, -0.2) is 25.2 Å². The Morgan fingerprint density at radius 2 is 1.67 bits per heavy atom. The fourth-order valence-electron chi connectivity index (χ4n) is 3.49. The Bertz CT molecular complexity index is 1250. The summed E-state index contributed by atoms with van der Waals surface area (Å²) in [6.07, 6.45) is 0. The van der Waals surface area contributed by atoms with E-state index in [1.54, 1.807) is 36.4 Å². The molecular weight excluding hydrogens is 479 g/mol. The van der Waals surface area contributed by atoms with Crippen molar-refractivity contribution in [2.45, 2.75) is 38.1 Å². The number of hydrogen-bond acceptors (Lipinski definition) is 3. The quantitative estimate of drug-likeness (QED) is 0.393. The third-order valence-electron chi connectivity index (χ3n) is 5.24. The monoisotopic (exact) mass is 504 g/mol. The summed E-state index contributed by atoms with van der Waals surface area (Å²) in [7, 11) is -3.95. The van der Waals surface area contributed by atoms with Gasteiger partial charge in [0.1, 0.15) is 0 Å². The third kappa shape index (κ3) is 6.15. The Balaban J connectivity index is 1.93. The largest absolute Gasteiger partial charge is 0.324 e. The molecule has 0 aliphatic carbocycles. The third-order valence-corrected chi connectivity index (χ3v) is 7.78. The van der Waals surface area contributed by atoms with Gasteiger partial charge in [-0.3, -0.25) is 4.79 Å². The van der Waals surface area contributed by atoms with Crippen LogP contribution in [0, 0.1) is 6.92 Å². The van der Waals surface area contributed by atoms with Gasteiger partial charge in [-0.15, -0.1) is 0 Å². The molecule has 0 spiro atoms. The van der Waals surface area contributed by atoms with E-state index in [1.807, 2.05) is 39.0 Å². The van der Waals surface area contributed by atoms with Gasteiger partial charge < -0.3 is 5.32 Å². The molecule has 3 rings (SSSR count). The SMILES string of the molecule is Cc1cccc(C(C)C)c1NC(=O)CN(Cc1ccc(Cl)c(Cl)c1)S(=O)(=O)c1ccccc1. The minimum atomic E-state index is -3.95. The molecule has 0 atom stereocenters. The van der Waals surface area contributed by atoms with Gasteiger partial charge in [0, 0.05) is 12.2 Å². The van der Waals surface area contributed by atoms with Crippen LogP contribution in [-0.2, 0) is 21.4 Å². The lowest BCUT2D eigenvalue weighted by Crippen LogP contribution is -2.37. The van der Waals surface area contributed by atoms with Gasteiger partial charge in [0.05, 0.1) is 21.5 Å². The summed E-state index contributed by atoms with van der Waals surface area (Å²) in [6.45, 7) is 5.60. The van der Waals surface area contributed by atoms with Crippen LogP contribution in [0.3, 0.4) is 0 Å². The molecule has 0 fully saturated rings. The molecule has 0 radical (unpaired) electrons. The first-order valence-corrected chi connectivity index (χ1v) is 12.7. The molecule has 1 N–H and O–H groups in total. The Hall–Kier alpha value is -2.38. The van der Waals surface area contributed by atoms with Crippen molar-refractivity contribution >= 4 is 44.8 Å². The van der Waals surface area contributed by atoms with Gasteiger partial charge in [-0.2, -0.15) is 4.31 Å². The van der Waals surface area contributed by atoms with Crippen LogP contribution >= 0.6 is 23.2 Å². The van der Waals surface area contributed by atoms with Crippen LogP contribution < -0.4 is 5.32 Å². The molecule has 0 aromatic heterocycles. The number of anilines is 1. The highest BCUT2D eigenvalue weighted by Gasteiger charge is 2.27. The average Bonchev–Trinajstić information content (AvgIpc) is 2.77. The predicted octanol–water partition coefficient (Wildman–Crippen LogP) is 6.25. The number of nitrogens with zero attached hydrogens (tertiary/aromatic N) is 1. The number of carbonyl (C=O) groups is 1. The lowest BCUT2D eigenvalue weighted by Gasteiger charge is -2.23. The van der Waals surface area contributed by atoms with Crippen molar-refractivity contribution in [3.8, 4) is 0 Å². The van der Waals surface area contributed by atoms with Crippen molar-refractivity contribution in [3.05, 3.63) is 93.5 Å². The zero-order chi connectivity index (χ0) is 24.2. The van der Waals surface area contributed by atoms with E-state index in [9.17, 15) is 13.2 Å². The molecule has 0 saturated carbocycles. The van der Waals surface area contributed by atoms with Crippen LogP contribution in [0.2, 0.25) is 10.0 Å². The minimum Gasteiger partial charge on any atom is -0.324 e. The number of nitrogens with one attached hydrogen (secondary N) is 1. The van der Waals surface area contributed by atoms with Crippen LogP contribution in [0.5, 0.6) is 0 Å². The number of rotatable bonds is 8. The van der Waals surface area contributed by atoms with E-state index in [2.05, 4.69) is 5.32 Å². The summed E-state index contributed by atoms with van der Waals surface area (Å²) in [5.74, 6) is -0.230. The molecule has 0 saturated heterocycles. The van der Waals surface area contributed by atoms with Gasteiger partial charge >= 0.3 is 0 Å². The van der Waals surface area contributed by atoms with Gasteiger partial charge in [-0.1, -0.05) is 79.5 Å². The molecule has 8 heteroatoms. The van der Waals surface area contributed by atoms with E-state index in [4.69, 9.17) is 23.2 Å². The number of hydrogen-bond donors (Lipinski definition) is 1. The number of halogens is 2. The number of aryl methyl sites for hydroxylation is 1. The normalized spacial score (nSPS) is 11.7. The van der Waals surface area contributed by atoms with E-state index in [0.717, 1.165) is 15.4 Å². The second kappa shape index (κ2) is 10.7. The average molecular weight is 505 g/mol. The molecule has 33 heavy (non-hydrogen) atoms. The fraction of sp³-hybridized carbons (Fsp3) is 0.240. The maximum atomic E-state index is 13.4. The molecule has 0 bridgehead atoms. The zero-order valence-electron chi connectivity index (χ0n) is 18.7. The van der Waals surface area contributed by atoms with Crippen molar-refractivity contribution in [3.63, 3.8) is 0 Å². The van der Waals surface area contributed by atoms with Crippen molar-refractivity contribution in [2.24, 2.45) is 0 Å². The standard InChI is InChI=1S/C25H26Cl2N2O3S/c1-17(2)21-11-7-8-18(3)25(21)28-24(30)16-29(15-19-12-13-22(26)23(27)14-19)33(31,32)20-9-5-4-6-10-20/h4-14,17H,15-16H2,1-3H3,(H,28,30). The van der Waals surface area contributed by atoms with Crippen LogP contribution in [0.15, 0.2) is 71.6 Å². The first-order chi connectivity index (χ1) is 15.6. The van der Waals surface area contributed by atoms with Gasteiger partial charge in [0.15, 0.2) is 0 Å². The van der Waals surface area contributed by atoms with Crippen LogP contribution in [0.4, 0.5) is 5.69 Å². The highest BCUT2D eigenvalue weighted by Crippen LogP contribution is 2.28. The van der Waals surface area contributed by atoms with Crippen molar-refractivity contribution in [2.75, 3.05) is 11.9 Å². The summed E-state index contributed by atoms with van der Waals surface area (Å²) in [4.78, 5) is 13.2. The van der Waals surface area contributed by atoms with Crippen LogP contribution in [0.1, 0.15) is 36.5 Å². The van der Waals surface area contributed by atoms with E-state index in [0.29, 0.717) is 21.3 Å². The second-order valence-electron chi connectivity index (χ2n) is 8.08. The van der Waals surface area contributed by atoms with Crippen LogP contribution in [0.25, 0.3) is 0 Å². The Labute approximate surface area is 205 Å². The van der Waals surface area contributed by atoms with E-state index >= 15 is 0 Å². The van der Waals surface area contributed by atoms with Gasteiger partial charge in [0.25, 0.3) is 0 Å². The fourth-order valence-corrected chi connectivity index (χ4v) is 5.22. The van der Waals surface area contributed by atoms with Gasteiger partial charge in [0.2, 0.25) is 15.9 Å². The summed E-state index contributed by atoms with van der Waals surface area (Å²) in [5.41, 5.74) is 3.24. The van der Waals surface area contributed by atoms with Crippen molar-refractivity contribution < 1.29 is 13.2 Å². The number of para-hydroxylation sites is 1. The number of benzene rings is 3. The molecule has 0 heterocycles. The highest BCUT2D eigenvalue weighted by molar-refractivity contribution is 7.89. The molecule has 5 nitrogen and oxygen atoms in total. The number of sulfonamides is 1. The topological polar surface area (TPSA) is 66.5 Å². The zero-order valence-corrected chi connectivity index (χ0v) is 21.0. The molecule has 174 valence electrons. The lowest BCUT2D eigenvalue weighted by atomic mass is 9.98. The first-order valence-electron chi connectivity index (χ1n) is 10.5.